The SMILES string of the molecule is COc1ccc(/C(C#N)=C\c2cc3c4c(c2)CCCN4CCC3)cc1OC. The van der Waals surface area contributed by atoms with E-state index in [1.54, 1.807) is 14.2 Å². The summed E-state index contributed by atoms with van der Waals surface area (Å²) < 4.78 is 10.7. The molecule has 0 bridgehead atoms. The summed E-state index contributed by atoms with van der Waals surface area (Å²) in [6, 6.07) is 12.5. The monoisotopic (exact) mass is 360 g/mol. The molecule has 2 aliphatic heterocycles. The number of nitriles is 1. The van der Waals surface area contributed by atoms with Crippen molar-refractivity contribution in [1.82, 2.24) is 0 Å². The number of hydrogen-bond donors (Lipinski definition) is 0. The number of rotatable bonds is 4. The standard InChI is InChI=1S/C23H24N2O2/c1-26-21-8-7-17(14-22(21)27-2)20(15-24)13-16-11-18-5-3-9-25-10-4-6-19(12-16)23(18)25/h7-8,11-14H,3-6,9-10H2,1-2H3/b20-13-. The van der Waals surface area contributed by atoms with Gasteiger partial charge in [-0.25, -0.2) is 0 Å². The summed E-state index contributed by atoms with van der Waals surface area (Å²) in [4.78, 5) is 2.53. The Labute approximate surface area is 160 Å². The summed E-state index contributed by atoms with van der Waals surface area (Å²) in [5.74, 6) is 1.30. The third-order valence-electron chi connectivity index (χ3n) is 5.48. The molecule has 2 aromatic rings. The summed E-state index contributed by atoms with van der Waals surface area (Å²) >= 11 is 0. The van der Waals surface area contributed by atoms with Gasteiger partial charge in [-0.15, -0.1) is 0 Å². The van der Waals surface area contributed by atoms with Crippen LogP contribution in [0.25, 0.3) is 11.6 Å². The summed E-state index contributed by atoms with van der Waals surface area (Å²) in [6.45, 7) is 2.34. The van der Waals surface area contributed by atoms with E-state index in [9.17, 15) is 5.26 Å². The van der Waals surface area contributed by atoms with Gasteiger partial charge in [-0.05, 0) is 84.3 Å². The number of nitrogens with zero attached hydrogens (tertiary/aromatic N) is 2. The first kappa shape index (κ1) is 17.5. The highest BCUT2D eigenvalue weighted by Gasteiger charge is 2.24. The Morgan fingerprint density at radius 2 is 1.67 bits per heavy atom. The molecule has 0 saturated heterocycles. The molecule has 0 aliphatic carbocycles. The van der Waals surface area contributed by atoms with E-state index in [0.29, 0.717) is 17.1 Å². The molecule has 2 heterocycles. The lowest BCUT2D eigenvalue weighted by atomic mass is 9.89. The lowest BCUT2D eigenvalue weighted by molar-refractivity contribution is 0.355. The number of ether oxygens (including phenoxy) is 2. The molecule has 4 heteroatoms. The second kappa shape index (κ2) is 7.36. The van der Waals surface area contributed by atoms with Crippen LogP contribution in [0.2, 0.25) is 0 Å². The first-order valence-electron chi connectivity index (χ1n) is 9.48. The summed E-state index contributed by atoms with van der Waals surface area (Å²) in [7, 11) is 3.22. The molecule has 2 aliphatic rings. The van der Waals surface area contributed by atoms with E-state index in [2.05, 4.69) is 23.1 Å². The van der Waals surface area contributed by atoms with Gasteiger partial charge in [0.25, 0.3) is 0 Å². The summed E-state index contributed by atoms with van der Waals surface area (Å²) in [5, 5.41) is 9.75. The number of benzene rings is 2. The van der Waals surface area contributed by atoms with Crippen LogP contribution in [0.5, 0.6) is 11.5 Å². The number of methoxy groups -OCH3 is 2. The van der Waals surface area contributed by atoms with Crippen LogP contribution in [0.4, 0.5) is 5.69 Å². The molecule has 0 N–H and O–H groups in total. The van der Waals surface area contributed by atoms with Crippen LogP contribution in [-0.4, -0.2) is 27.3 Å². The fourth-order valence-electron chi connectivity index (χ4n) is 4.26. The molecule has 138 valence electrons. The first-order valence-corrected chi connectivity index (χ1v) is 9.48. The van der Waals surface area contributed by atoms with Gasteiger partial charge in [-0.1, -0.05) is 0 Å². The fraction of sp³-hybridized carbons (Fsp3) is 0.348. The van der Waals surface area contributed by atoms with Gasteiger partial charge >= 0.3 is 0 Å². The predicted octanol–water partition coefficient (Wildman–Crippen LogP) is 4.47. The Balaban J connectivity index is 1.75. The molecular weight excluding hydrogens is 336 g/mol. The van der Waals surface area contributed by atoms with Crippen molar-refractivity contribution in [1.29, 1.82) is 5.26 Å². The largest absolute Gasteiger partial charge is 0.493 e. The number of anilines is 1. The third-order valence-corrected chi connectivity index (χ3v) is 5.48. The van der Waals surface area contributed by atoms with Crippen LogP contribution >= 0.6 is 0 Å². The summed E-state index contributed by atoms with van der Waals surface area (Å²) in [5.41, 5.74) is 6.88. The Hall–Kier alpha value is -2.93. The molecule has 4 rings (SSSR count). The molecule has 0 fully saturated rings. The van der Waals surface area contributed by atoms with E-state index < -0.39 is 0 Å². The van der Waals surface area contributed by atoms with Gasteiger partial charge in [-0.2, -0.15) is 5.26 Å². The van der Waals surface area contributed by atoms with Crippen LogP contribution in [0.3, 0.4) is 0 Å². The van der Waals surface area contributed by atoms with E-state index in [0.717, 1.165) is 24.0 Å². The Morgan fingerprint density at radius 3 is 2.26 bits per heavy atom. The smallest absolute Gasteiger partial charge is 0.161 e. The molecule has 0 atom stereocenters. The minimum absolute atomic E-state index is 0.631. The Bertz CT molecular complexity index is 909. The Kier molecular flexibility index (Phi) is 4.77. The van der Waals surface area contributed by atoms with E-state index in [1.165, 1.54) is 42.7 Å². The molecule has 0 spiro atoms. The zero-order chi connectivity index (χ0) is 18.8. The normalized spacial score (nSPS) is 15.7. The number of allylic oxidation sites excluding steroid dienone is 1. The van der Waals surface area contributed by atoms with Crippen molar-refractivity contribution in [3.05, 3.63) is 52.6 Å². The lowest BCUT2D eigenvalue weighted by Crippen LogP contribution is -2.34. The van der Waals surface area contributed by atoms with Crippen LogP contribution in [0, 0.1) is 11.3 Å². The van der Waals surface area contributed by atoms with Crippen LogP contribution < -0.4 is 14.4 Å². The van der Waals surface area contributed by atoms with Crippen molar-refractivity contribution in [3.8, 4) is 17.6 Å². The van der Waals surface area contributed by atoms with Gasteiger partial charge in [-0.3, -0.25) is 0 Å². The van der Waals surface area contributed by atoms with Crippen LogP contribution in [0.1, 0.15) is 35.1 Å². The van der Waals surface area contributed by atoms with Crippen molar-refractivity contribution in [3.63, 3.8) is 0 Å². The molecule has 4 nitrogen and oxygen atoms in total. The van der Waals surface area contributed by atoms with Gasteiger partial charge in [0.1, 0.15) is 0 Å². The van der Waals surface area contributed by atoms with Gasteiger partial charge in [0.05, 0.1) is 25.9 Å². The highest BCUT2D eigenvalue weighted by molar-refractivity contribution is 5.90. The molecule has 27 heavy (non-hydrogen) atoms. The Morgan fingerprint density at radius 1 is 1.00 bits per heavy atom. The minimum atomic E-state index is 0.631. The van der Waals surface area contributed by atoms with Crippen molar-refractivity contribution in [2.75, 3.05) is 32.2 Å². The third kappa shape index (κ3) is 3.26. The summed E-state index contributed by atoms with van der Waals surface area (Å²) in [6.07, 6.45) is 6.66. The average Bonchev–Trinajstić information content (AvgIpc) is 2.72. The van der Waals surface area contributed by atoms with Crippen molar-refractivity contribution in [2.24, 2.45) is 0 Å². The highest BCUT2D eigenvalue weighted by Crippen LogP contribution is 2.37. The van der Waals surface area contributed by atoms with E-state index in [-0.39, 0.29) is 0 Å². The van der Waals surface area contributed by atoms with Gasteiger partial charge in [0, 0.05) is 18.8 Å². The van der Waals surface area contributed by atoms with Gasteiger partial charge < -0.3 is 14.4 Å². The lowest BCUT2D eigenvalue weighted by Gasteiger charge is -2.37. The quantitative estimate of drug-likeness (QED) is 0.596. The maximum absolute atomic E-state index is 9.75. The topological polar surface area (TPSA) is 45.5 Å². The fourth-order valence-corrected chi connectivity index (χ4v) is 4.26. The van der Waals surface area contributed by atoms with Crippen molar-refractivity contribution in [2.45, 2.75) is 25.7 Å². The molecule has 0 unspecified atom stereocenters. The molecule has 0 saturated carbocycles. The molecule has 0 radical (unpaired) electrons. The van der Waals surface area contributed by atoms with Crippen molar-refractivity contribution >= 4 is 17.3 Å². The van der Waals surface area contributed by atoms with Crippen LogP contribution in [-0.2, 0) is 12.8 Å². The second-order valence-corrected chi connectivity index (χ2v) is 7.12. The van der Waals surface area contributed by atoms with E-state index in [1.807, 2.05) is 24.3 Å². The molecular formula is C23H24N2O2. The van der Waals surface area contributed by atoms with E-state index >= 15 is 0 Å². The zero-order valence-electron chi connectivity index (χ0n) is 15.9. The zero-order valence-corrected chi connectivity index (χ0v) is 15.9. The van der Waals surface area contributed by atoms with E-state index in [4.69, 9.17) is 9.47 Å². The van der Waals surface area contributed by atoms with Crippen LogP contribution in [0.15, 0.2) is 30.3 Å². The maximum atomic E-state index is 9.75. The number of hydrogen-bond acceptors (Lipinski definition) is 4. The van der Waals surface area contributed by atoms with Crippen molar-refractivity contribution < 1.29 is 9.47 Å². The minimum Gasteiger partial charge on any atom is -0.493 e. The van der Waals surface area contributed by atoms with Gasteiger partial charge in [0.2, 0.25) is 0 Å². The second-order valence-electron chi connectivity index (χ2n) is 7.12. The number of aryl methyl sites for hydroxylation is 2. The van der Waals surface area contributed by atoms with Gasteiger partial charge in [0.15, 0.2) is 11.5 Å². The first-order chi connectivity index (χ1) is 13.2. The molecule has 0 amide bonds. The highest BCUT2D eigenvalue weighted by atomic mass is 16.5. The molecule has 0 aromatic heterocycles. The average molecular weight is 360 g/mol. The predicted molar refractivity (Wildman–Crippen MR) is 108 cm³/mol. The molecule has 2 aromatic carbocycles. The maximum Gasteiger partial charge on any atom is 0.161 e.